The normalized spacial score (nSPS) is 49.1. The molecule has 2 heteroatoms. The maximum absolute atomic E-state index is 11.7. The maximum Gasteiger partial charge on any atom is 0.155 e. The molecule has 0 bridgehead atoms. The Morgan fingerprint density at radius 2 is 2.00 bits per heavy atom. The van der Waals surface area contributed by atoms with E-state index < -0.39 is 0 Å². The van der Waals surface area contributed by atoms with E-state index in [4.69, 9.17) is 0 Å². The molecule has 0 heterocycles. The van der Waals surface area contributed by atoms with Gasteiger partial charge in [0.2, 0.25) is 0 Å². The van der Waals surface area contributed by atoms with Gasteiger partial charge in [-0.2, -0.15) is 0 Å². The van der Waals surface area contributed by atoms with Crippen LogP contribution in [0.5, 0.6) is 0 Å². The Morgan fingerprint density at radius 1 is 1.14 bits per heavy atom. The number of rotatable bonds is 1. The summed E-state index contributed by atoms with van der Waals surface area (Å²) in [7, 11) is 0. The molecule has 4 aliphatic carbocycles. The summed E-state index contributed by atoms with van der Waals surface area (Å²) in [6.45, 7) is 2.29. The minimum atomic E-state index is -0.0571. The lowest BCUT2D eigenvalue weighted by Gasteiger charge is -2.54. The van der Waals surface area contributed by atoms with Crippen LogP contribution in [0.2, 0.25) is 0 Å². The fraction of sp³-hybridized carbons (Fsp3) is 0.842. The van der Waals surface area contributed by atoms with Crippen molar-refractivity contribution in [2.75, 3.05) is 0 Å². The predicted molar refractivity (Wildman–Crippen MR) is 82.7 cm³/mol. The third kappa shape index (κ3) is 1.91. The van der Waals surface area contributed by atoms with E-state index in [-0.39, 0.29) is 11.5 Å². The average molecular weight is 288 g/mol. The van der Waals surface area contributed by atoms with E-state index in [0.717, 1.165) is 49.9 Å². The van der Waals surface area contributed by atoms with E-state index in [0.29, 0.717) is 11.7 Å². The number of allylic oxidation sites excluding steroid dienone is 1. The van der Waals surface area contributed by atoms with Gasteiger partial charge in [-0.3, -0.25) is 4.79 Å². The van der Waals surface area contributed by atoms with Gasteiger partial charge in [0.25, 0.3) is 0 Å². The minimum Gasteiger partial charge on any atom is -0.393 e. The summed E-state index contributed by atoms with van der Waals surface area (Å²) in [6, 6.07) is 0. The summed E-state index contributed by atoms with van der Waals surface area (Å²) in [4.78, 5) is 11.7. The molecule has 0 amide bonds. The Morgan fingerprint density at radius 3 is 2.81 bits per heavy atom. The highest BCUT2D eigenvalue weighted by Crippen LogP contribution is 2.62. The smallest absolute Gasteiger partial charge is 0.155 e. The second-order valence-corrected chi connectivity index (χ2v) is 8.02. The molecule has 0 aromatic carbocycles. The Bertz CT molecular complexity index is 480. The molecule has 21 heavy (non-hydrogen) atoms. The fourth-order valence-electron chi connectivity index (χ4n) is 6.64. The van der Waals surface area contributed by atoms with Gasteiger partial charge in [0.05, 0.1) is 6.10 Å². The highest BCUT2D eigenvalue weighted by molar-refractivity contribution is 5.91. The predicted octanol–water partition coefficient (Wildman–Crippen LogP) is 3.88. The van der Waals surface area contributed by atoms with E-state index in [9.17, 15) is 9.90 Å². The quantitative estimate of drug-likeness (QED) is 0.795. The Labute approximate surface area is 128 Å². The van der Waals surface area contributed by atoms with Crippen LogP contribution >= 0.6 is 0 Å². The number of hydrogen-bond donors (Lipinski definition) is 1. The lowest BCUT2D eigenvalue weighted by molar-refractivity contribution is -0.116. The first-order valence-electron chi connectivity index (χ1n) is 9.07. The largest absolute Gasteiger partial charge is 0.393 e. The molecule has 0 spiro atoms. The standard InChI is InChI=1S/C19H28O2/c1-2-19-10-9-15-14-6-4-13(20)11-12(14)3-5-16(15)17(19)7-8-18(19)21/h11,14-18,21H,2-10H2,1H3/t14?,15?,16?,17?,18-,19-/m0/s1. The van der Waals surface area contributed by atoms with Crippen LogP contribution in [0.4, 0.5) is 0 Å². The van der Waals surface area contributed by atoms with Gasteiger partial charge in [-0.25, -0.2) is 0 Å². The molecule has 0 aromatic rings. The molecule has 4 rings (SSSR count). The SMILES string of the molecule is CC[C@]12CCC3C4CCC(=O)C=C4CCC3C1CC[C@@H]2O. The zero-order chi connectivity index (χ0) is 14.6. The maximum atomic E-state index is 11.7. The molecular weight excluding hydrogens is 260 g/mol. The first-order chi connectivity index (χ1) is 10.2. The van der Waals surface area contributed by atoms with Gasteiger partial charge in [0.15, 0.2) is 5.78 Å². The van der Waals surface area contributed by atoms with Crippen LogP contribution in [-0.4, -0.2) is 17.0 Å². The molecule has 4 unspecified atom stereocenters. The van der Waals surface area contributed by atoms with Crippen molar-refractivity contribution in [3.63, 3.8) is 0 Å². The summed E-state index contributed by atoms with van der Waals surface area (Å²) < 4.78 is 0. The number of carbonyl (C=O) groups excluding carboxylic acids is 1. The van der Waals surface area contributed by atoms with Crippen molar-refractivity contribution in [3.05, 3.63) is 11.6 Å². The van der Waals surface area contributed by atoms with Crippen LogP contribution in [-0.2, 0) is 4.79 Å². The first kappa shape index (κ1) is 14.0. The Balaban J connectivity index is 1.64. The lowest BCUT2D eigenvalue weighted by Crippen LogP contribution is -2.48. The Hall–Kier alpha value is -0.630. The van der Waals surface area contributed by atoms with Crippen LogP contribution in [0.3, 0.4) is 0 Å². The first-order valence-corrected chi connectivity index (χ1v) is 9.07. The van der Waals surface area contributed by atoms with Crippen molar-refractivity contribution in [1.29, 1.82) is 0 Å². The molecule has 0 radical (unpaired) electrons. The van der Waals surface area contributed by atoms with E-state index in [1.807, 2.05) is 6.08 Å². The second kappa shape index (κ2) is 4.94. The third-order valence-corrected chi connectivity index (χ3v) is 7.63. The molecule has 0 aliphatic heterocycles. The topological polar surface area (TPSA) is 37.3 Å². The molecular formula is C19H28O2. The summed E-state index contributed by atoms with van der Waals surface area (Å²) in [5, 5.41) is 10.6. The number of aliphatic hydroxyl groups excluding tert-OH is 1. The average Bonchev–Trinajstić information content (AvgIpc) is 2.84. The van der Waals surface area contributed by atoms with Crippen LogP contribution in [0.15, 0.2) is 11.6 Å². The molecule has 116 valence electrons. The van der Waals surface area contributed by atoms with E-state index in [1.54, 1.807) is 0 Å². The zero-order valence-electron chi connectivity index (χ0n) is 13.2. The molecule has 1 N–H and O–H groups in total. The van der Waals surface area contributed by atoms with Crippen molar-refractivity contribution >= 4 is 5.78 Å². The molecule has 4 aliphatic rings. The van der Waals surface area contributed by atoms with Crippen molar-refractivity contribution in [2.24, 2.45) is 29.1 Å². The summed E-state index contributed by atoms with van der Waals surface area (Å²) >= 11 is 0. The fourth-order valence-corrected chi connectivity index (χ4v) is 6.64. The van der Waals surface area contributed by atoms with Gasteiger partial charge >= 0.3 is 0 Å². The number of aliphatic hydroxyl groups is 1. The van der Waals surface area contributed by atoms with Crippen molar-refractivity contribution in [3.8, 4) is 0 Å². The monoisotopic (exact) mass is 288 g/mol. The van der Waals surface area contributed by atoms with Gasteiger partial charge in [0.1, 0.15) is 0 Å². The molecule has 3 fully saturated rings. The van der Waals surface area contributed by atoms with Gasteiger partial charge in [0, 0.05) is 6.42 Å². The van der Waals surface area contributed by atoms with Crippen LogP contribution in [0, 0.1) is 29.1 Å². The van der Waals surface area contributed by atoms with Gasteiger partial charge in [-0.05, 0) is 86.5 Å². The number of carbonyl (C=O) groups is 1. The number of fused-ring (bicyclic) bond motifs is 5. The second-order valence-electron chi connectivity index (χ2n) is 8.02. The molecule has 0 aromatic heterocycles. The lowest BCUT2D eigenvalue weighted by atomic mass is 9.51. The van der Waals surface area contributed by atoms with Gasteiger partial charge in [-0.15, -0.1) is 0 Å². The zero-order valence-corrected chi connectivity index (χ0v) is 13.2. The third-order valence-electron chi connectivity index (χ3n) is 7.63. The molecule has 6 atom stereocenters. The summed E-state index contributed by atoms with van der Waals surface area (Å²) in [5.74, 6) is 3.40. The minimum absolute atomic E-state index is 0.0571. The summed E-state index contributed by atoms with van der Waals surface area (Å²) in [5.41, 5.74) is 1.70. The number of hydrogen-bond acceptors (Lipinski definition) is 2. The van der Waals surface area contributed by atoms with Crippen LogP contribution < -0.4 is 0 Å². The van der Waals surface area contributed by atoms with Crippen molar-refractivity contribution in [1.82, 2.24) is 0 Å². The van der Waals surface area contributed by atoms with Crippen LogP contribution in [0.25, 0.3) is 0 Å². The molecule has 3 saturated carbocycles. The highest BCUT2D eigenvalue weighted by atomic mass is 16.3. The Kier molecular flexibility index (Phi) is 3.29. The van der Waals surface area contributed by atoms with E-state index in [2.05, 4.69) is 6.92 Å². The summed E-state index contributed by atoms with van der Waals surface area (Å²) in [6.07, 6.45) is 12.1. The van der Waals surface area contributed by atoms with Crippen molar-refractivity contribution < 1.29 is 9.90 Å². The van der Waals surface area contributed by atoms with Crippen molar-refractivity contribution in [2.45, 2.75) is 70.8 Å². The number of ketones is 1. The van der Waals surface area contributed by atoms with E-state index >= 15 is 0 Å². The molecule has 0 saturated heterocycles. The van der Waals surface area contributed by atoms with Gasteiger partial charge in [-0.1, -0.05) is 12.5 Å². The van der Waals surface area contributed by atoms with E-state index in [1.165, 1.54) is 31.3 Å². The van der Waals surface area contributed by atoms with Gasteiger partial charge < -0.3 is 5.11 Å². The highest BCUT2D eigenvalue weighted by Gasteiger charge is 2.57. The molecule has 2 nitrogen and oxygen atoms in total. The van der Waals surface area contributed by atoms with Crippen LogP contribution in [0.1, 0.15) is 64.7 Å².